The predicted molar refractivity (Wildman–Crippen MR) is 44.0 cm³/mol. The molecule has 3 rings (SSSR count). The number of ether oxygens (including phenoxy) is 1. The molecule has 0 aliphatic carbocycles. The van der Waals surface area contributed by atoms with E-state index in [0.717, 1.165) is 0 Å². The lowest BCUT2D eigenvalue weighted by atomic mass is 9.77. The van der Waals surface area contributed by atoms with Gasteiger partial charge in [-0.3, -0.25) is 14.9 Å². The highest BCUT2D eigenvalue weighted by molar-refractivity contribution is 6.07. The lowest BCUT2D eigenvalue weighted by molar-refractivity contribution is -0.131. The standard InChI is InChI=1S/C9H9NO4/c11-3-9-2-1-4(14-9)5-6(9)8(13)10-7(5)12/h1-2,4-6,11H,3H2,(H,10,12,13)/t4-,5+,6-,9+/m1/s1. The minimum Gasteiger partial charge on any atom is -0.393 e. The molecule has 2 saturated heterocycles. The van der Waals surface area contributed by atoms with Crippen LogP contribution in [0.2, 0.25) is 0 Å². The molecule has 0 spiro atoms. The topological polar surface area (TPSA) is 75.6 Å². The van der Waals surface area contributed by atoms with Gasteiger partial charge in [-0.05, 0) is 0 Å². The monoisotopic (exact) mass is 195 g/mol. The highest BCUT2D eigenvalue weighted by Gasteiger charge is 2.65. The van der Waals surface area contributed by atoms with E-state index >= 15 is 0 Å². The first-order valence-electron chi connectivity index (χ1n) is 4.51. The number of carbonyl (C=O) groups excluding carboxylic acids is 2. The summed E-state index contributed by atoms with van der Waals surface area (Å²) in [5.41, 5.74) is -0.953. The van der Waals surface area contributed by atoms with Crippen LogP contribution in [0.3, 0.4) is 0 Å². The molecule has 0 unspecified atom stereocenters. The number of hydrogen-bond acceptors (Lipinski definition) is 4. The van der Waals surface area contributed by atoms with Crippen LogP contribution in [-0.2, 0) is 14.3 Å². The molecule has 3 heterocycles. The molecule has 2 bridgehead atoms. The molecule has 5 nitrogen and oxygen atoms in total. The van der Waals surface area contributed by atoms with Gasteiger partial charge in [-0.1, -0.05) is 12.2 Å². The summed E-state index contributed by atoms with van der Waals surface area (Å²) in [5, 5.41) is 11.5. The van der Waals surface area contributed by atoms with Crippen LogP contribution in [0.25, 0.3) is 0 Å². The zero-order valence-corrected chi connectivity index (χ0v) is 7.27. The van der Waals surface area contributed by atoms with E-state index in [1.54, 1.807) is 12.2 Å². The summed E-state index contributed by atoms with van der Waals surface area (Å²) in [7, 11) is 0. The lowest BCUT2D eigenvalue weighted by Crippen LogP contribution is -2.42. The van der Waals surface area contributed by atoms with Gasteiger partial charge in [-0.2, -0.15) is 0 Å². The first kappa shape index (κ1) is 8.14. The van der Waals surface area contributed by atoms with Crippen LogP contribution in [0.15, 0.2) is 12.2 Å². The Balaban J connectivity index is 2.10. The fourth-order valence-corrected chi connectivity index (χ4v) is 2.61. The van der Waals surface area contributed by atoms with Crippen molar-refractivity contribution in [1.29, 1.82) is 0 Å². The minimum absolute atomic E-state index is 0.262. The summed E-state index contributed by atoms with van der Waals surface area (Å²) >= 11 is 0. The van der Waals surface area contributed by atoms with Crippen molar-refractivity contribution in [2.24, 2.45) is 11.8 Å². The molecule has 2 amide bonds. The Morgan fingerprint density at radius 1 is 1.50 bits per heavy atom. The van der Waals surface area contributed by atoms with Gasteiger partial charge in [0.15, 0.2) is 0 Å². The number of amides is 2. The molecule has 0 radical (unpaired) electrons. The number of nitrogens with one attached hydrogen (secondary N) is 1. The second-order valence-corrected chi connectivity index (χ2v) is 3.91. The minimum atomic E-state index is -0.953. The van der Waals surface area contributed by atoms with Crippen molar-refractivity contribution < 1.29 is 19.4 Å². The highest BCUT2D eigenvalue weighted by atomic mass is 16.5. The van der Waals surface area contributed by atoms with Crippen molar-refractivity contribution in [3.8, 4) is 0 Å². The van der Waals surface area contributed by atoms with Crippen molar-refractivity contribution in [3.05, 3.63) is 12.2 Å². The number of aliphatic hydroxyl groups excluding tert-OH is 1. The summed E-state index contributed by atoms with van der Waals surface area (Å²) < 4.78 is 5.47. The molecule has 2 fully saturated rings. The maximum atomic E-state index is 11.5. The Bertz CT molecular complexity index is 364. The van der Waals surface area contributed by atoms with Crippen LogP contribution >= 0.6 is 0 Å². The Hall–Kier alpha value is -1.20. The molecule has 0 aromatic carbocycles. The van der Waals surface area contributed by atoms with Crippen LogP contribution in [0.1, 0.15) is 0 Å². The molecule has 4 atom stereocenters. The van der Waals surface area contributed by atoms with Gasteiger partial charge < -0.3 is 9.84 Å². The summed E-state index contributed by atoms with van der Waals surface area (Å²) in [6.45, 7) is -0.262. The van der Waals surface area contributed by atoms with Crippen molar-refractivity contribution in [2.45, 2.75) is 11.7 Å². The third-order valence-corrected chi connectivity index (χ3v) is 3.24. The average molecular weight is 195 g/mol. The second kappa shape index (κ2) is 2.24. The lowest BCUT2D eigenvalue weighted by Gasteiger charge is -2.24. The molecule has 3 aliphatic rings. The largest absolute Gasteiger partial charge is 0.393 e. The van der Waals surface area contributed by atoms with Gasteiger partial charge in [0.05, 0.1) is 24.5 Å². The number of fused-ring (bicyclic) bond motifs is 5. The quantitative estimate of drug-likeness (QED) is 0.397. The van der Waals surface area contributed by atoms with E-state index in [2.05, 4.69) is 5.32 Å². The van der Waals surface area contributed by atoms with E-state index in [-0.39, 0.29) is 24.5 Å². The summed E-state index contributed by atoms with van der Waals surface area (Å²) in [5.74, 6) is -1.61. The highest BCUT2D eigenvalue weighted by Crippen LogP contribution is 2.49. The third-order valence-electron chi connectivity index (χ3n) is 3.24. The fourth-order valence-electron chi connectivity index (χ4n) is 2.61. The van der Waals surface area contributed by atoms with Crippen LogP contribution in [0, 0.1) is 11.8 Å². The Morgan fingerprint density at radius 3 is 3.00 bits per heavy atom. The Morgan fingerprint density at radius 2 is 2.29 bits per heavy atom. The molecular formula is C9H9NO4. The van der Waals surface area contributed by atoms with E-state index < -0.39 is 17.4 Å². The maximum Gasteiger partial charge on any atom is 0.233 e. The van der Waals surface area contributed by atoms with Gasteiger partial charge >= 0.3 is 0 Å². The van der Waals surface area contributed by atoms with E-state index in [1.807, 2.05) is 0 Å². The second-order valence-electron chi connectivity index (χ2n) is 3.91. The van der Waals surface area contributed by atoms with Crippen molar-refractivity contribution in [3.63, 3.8) is 0 Å². The Kier molecular flexibility index (Phi) is 1.30. The van der Waals surface area contributed by atoms with Crippen molar-refractivity contribution in [2.75, 3.05) is 6.61 Å². The van der Waals surface area contributed by atoms with E-state index in [9.17, 15) is 14.7 Å². The first-order chi connectivity index (χ1) is 6.68. The van der Waals surface area contributed by atoms with E-state index in [0.29, 0.717) is 0 Å². The number of imide groups is 1. The molecule has 0 aromatic rings. The van der Waals surface area contributed by atoms with Gasteiger partial charge in [-0.25, -0.2) is 0 Å². The van der Waals surface area contributed by atoms with Crippen molar-refractivity contribution in [1.82, 2.24) is 5.32 Å². The number of hydrogen-bond donors (Lipinski definition) is 2. The molecule has 3 aliphatic heterocycles. The van der Waals surface area contributed by atoms with Crippen LogP contribution in [-0.4, -0.2) is 35.2 Å². The predicted octanol–water partition coefficient (Wildman–Crippen LogP) is -1.43. The maximum absolute atomic E-state index is 11.5. The van der Waals surface area contributed by atoms with Crippen molar-refractivity contribution >= 4 is 11.8 Å². The number of aliphatic hydroxyl groups is 1. The molecule has 2 N–H and O–H groups in total. The molecule has 74 valence electrons. The molecule has 0 saturated carbocycles. The van der Waals surface area contributed by atoms with Crippen LogP contribution in [0.5, 0.6) is 0 Å². The summed E-state index contributed by atoms with van der Waals surface area (Å²) in [4.78, 5) is 22.8. The average Bonchev–Trinajstić information content (AvgIpc) is 2.78. The molecule has 0 aromatic heterocycles. The SMILES string of the molecule is O=C1NC(=O)[C@H]2[C@@H]1[C@H]1C=C[C@@]2(CO)O1. The zero-order chi connectivity index (χ0) is 9.92. The van der Waals surface area contributed by atoms with Gasteiger partial charge in [0.1, 0.15) is 5.60 Å². The summed E-state index contributed by atoms with van der Waals surface area (Å²) in [6, 6.07) is 0. The summed E-state index contributed by atoms with van der Waals surface area (Å²) in [6.07, 6.45) is 3.09. The van der Waals surface area contributed by atoms with E-state index in [4.69, 9.17) is 4.74 Å². The van der Waals surface area contributed by atoms with Crippen LogP contribution < -0.4 is 5.32 Å². The molecular weight excluding hydrogens is 186 g/mol. The fraction of sp³-hybridized carbons (Fsp3) is 0.556. The van der Waals surface area contributed by atoms with E-state index in [1.165, 1.54) is 0 Å². The van der Waals surface area contributed by atoms with Gasteiger partial charge in [-0.15, -0.1) is 0 Å². The first-order valence-corrected chi connectivity index (χ1v) is 4.51. The van der Waals surface area contributed by atoms with Gasteiger partial charge in [0.25, 0.3) is 0 Å². The van der Waals surface area contributed by atoms with Crippen LogP contribution in [0.4, 0.5) is 0 Å². The molecule has 14 heavy (non-hydrogen) atoms. The zero-order valence-electron chi connectivity index (χ0n) is 7.27. The smallest absolute Gasteiger partial charge is 0.233 e. The molecule has 5 heteroatoms. The Labute approximate surface area is 79.7 Å². The van der Waals surface area contributed by atoms with Gasteiger partial charge in [0.2, 0.25) is 11.8 Å². The number of carbonyl (C=O) groups is 2. The third kappa shape index (κ3) is 0.689. The van der Waals surface area contributed by atoms with Gasteiger partial charge in [0, 0.05) is 0 Å². The number of rotatable bonds is 1. The normalized spacial score (nSPS) is 48.5.